The number of piperazine rings is 1. The first-order valence-electron chi connectivity index (χ1n) is 13.0. The number of allylic oxidation sites excluding steroid dienone is 1. The molecule has 0 N–H and O–H groups in total. The summed E-state index contributed by atoms with van der Waals surface area (Å²) in [6, 6.07) is 38.0. The van der Waals surface area contributed by atoms with E-state index in [1.54, 1.807) is 6.08 Å². The lowest BCUT2D eigenvalue weighted by atomic mass is 10.0. The fourth-order valence-corrected chi connectivity index (χ4v) is 5.18. The molecule has 0 amide bonds. The summed E-state index contributed by atoms with van der Waals surface area (Å²) in [7, 11) is 0. The minimum Gasteiger partial charge on any atom is -0.369 e. The number of rotatable bonds is 6. The van der Waals surface area contributed by atoms with Crippen molar-refractivity contribution in [1.82, 2.24) is 4.90 Å². The molecule has 3 heteroatoms. The van der Waals surface area contributed by atoms with E-state index in [0.717, 1.165) is 38.3 Å². The van der Waals surface area contributed by atoms with Crippen LogP contribution in [0.15, 0.2) is 115 Å². The van der Waals surface area contributed by atoms with Crippen LogP contribution in [0.4, 0.5) is 5.69 Å². The molecule has 37 heavy (non-hydrogen) atoms. The van der Waals surface area contributed by atoms with Gasteiger partial charge < -0.3 is 4.90 Å². The molecule has 6 rings (SSSR count). The summed E-state index contributed by atoms with van der Waals surface area (Å²) in [4.78, 5) is 17.3. The van der Waals surface area contributed by atoms with Gasteiger partial charge in [0, 0.05) is 44.0 Å². The molecule has 0 saturated carbocycles. The van der Waals surface area contributed by atoms with Crippen molar-refractivity contribution in [1.29, 1.82) is 0 Å². The zero-order chi connectivity index (χ0) is 25.0. The van der Waals surface area contributed by atoms with Crippen LogP contribution in [0.1, 0.15) is 21.5 Å². The Labute approximate surface area is 218 Å². The third-order valence-corrected chi connectivity index (χ3v) is 7.29. The summed E-state index contributed by atoms with van der Waals surface area (Å²) >= 11 is 0. The first kappa shape index (κ1) is 23.2. The Balaban J connectivity index is 1.05. The lowest BCUT2D eigenvalue weighted by Crippen LogP contribution is -2.45. The van der Waals surface area contributed by atoms with Crippen LogP contribution >= 0.6 is 0 Å². The van der Waals surface area contributed by atoms with Gasteiger partial charge in [-0.1, -0.05) is 84.9 Å². The number of anilines is 1. The zero-order valence-electron chi connectivity index (χ0n) is 20.9. The number of hydrogen-bond acceptors (Lipinski definition) is 3. The fraction of sp³-hybridized carbons (Fsp3) is 0.147. The number of carbonyl (C=O) groups excluding carboxylic acids is 1. The SMILES string of the molecule is O=C(/C=C/c1ccc(N2CCN(Cc3ccc4cc5ccccc5cc4c3)CC2)cc1)c1ccccc1. The third kappa shape index (κ3) is 5.32. The number of fused-ring (bicyclic) bond motifs is 2. The van der Waals surface area contributed by atoms with E-state index in [2.05, 4.69) is 88.7 Å². The number of ketones is 1. The topological polar surface area (TPSA) is 23.6 Å². The summed E-state index contributed by atoms with van der Waals surface area (Å²) in [5.41, 5.74) is 4.36. The first-order chi connectivity index (χ1) is 18.2. The van der Waals surface area contributed by atoms with Gasteiger partial charge in [-0.2, -0.15) is 0 Å². The Kier molecular flexibility index (Phi) is 6.53. The summed E-state index contributed by atoms with van der Waals surface area (Å²) in [6.07, 6.45) is 3.54. The smallest absolute Gasteiger partial charge is 0.185 e. The standard InChI is InChI=1S/C34H30N2O/c37-34(28-6-2-1-3-7-28)17-13-26-11-15-33(16-12-26)36-20-18-35(19-21-36)25-27-10-14-31-23-29-8-4-5-9-30(29)24-32(31)22-27/h1-17,22-24H,18-21,25H2/b17-13+. The maximum absolute atomic E-state index is 12.3. The van der Waals surface area contributed by atoms with E-state index in [1.165, 1.54) is 32.8 Å². The molecule has 0 aromatic heterocycles. The van der Waals surface area contributed by atoms with Crippen LogP contribution in [0.25, 0.3) is 27.6 Å². The lowest BCUT2D eigenvalue weighted by molar-refractivity contribution is 0.104. The third-order valence-electron chi connectivity index (χ3n) is 7.29. The van der Waals surface area contributed by atoms with Crippen LogP contribution in [0.2, 0.25) is 0 Å². The first-order valence-corrected chi connectivity index (χ1v) is 13.0. The molecule has 0 radical (unpaired) electrons. The second-order valence-corrected chi connectivity index (χ2v) is 9.80. The van der Waals surface area contributed by atoms with Crippen LogP contribution in [-0.2, 0) is 6.54 Å². The Morgan fingerprint density at radius 1 is 0.649 bits per heavy atom. The van der Waals surface area contributed by atoms with E-state index >= 15 is 0 Å². The van der Waals surface area contributed by atoms with Gasteiger partial charge in [0.05, 0.1) is 0 Å². The van der Waals surface area contributed by atoms with E-state index in [1.807, 2.05) is 36.4 Å². The molecule has 0 aliphatic carbocycles. The van der Waals surface area contributed by atoms with E-state index in [-0.39, 0.29) is 5.78 Å². The van der Waals surface area contributed by atoms with Crippen molar-refractivity contribution in [3.8, 4) is 0 Å². The highest BCUT2D eigenvalue weighted by Gasteiger charge is 2.17. The van der Waals surface area contributed by atoms with E-state index in [4.69, 9.17) is 0 Å². The minimum absolute atomic E-state index is 0.0283. The van der Waals surface area contributed by atoms with Crippen molar-refractivity contribution in [3.05, 3.63) is 132 Å². The van der Waals surface area contributed by atoms with E-state index < -0.39 is 0 Å². The van der Waals surface area contributed by atoms with Crippen LogP contribution in [-0.4, -0.2) is 36.9 Å². The van der Waals surface area contributed by atoms with Crippen LogP contribution in [0, 0.1) is 0 Å². The van der Waals surface area contributed by atoms with Gasteiger partial charge in [0.2, 0.25) is 0 Å². The Morgan fingerprint density at radius 2 is 1.30 bits per heavy atom. The van der Waals surface area contributed by atoms with Gasteiger partial charge in [-0.15, -0.1) is 0 Å². The van der Waals surface area contributed by atoms with Crippen molar-refractivity contribution in [2.24, 2.45) is 0 Å². The minimum atomic E-state index is 0.0283. The molecule has 1 saturated heterocycles. The molecule has 0 spiro atoms. The maximum Gasteiger partial charge on any atom is 0.185 e. The predicted molar refractivity (Wildman–Crippen MR) is 155 cm³/mol. The zero-order valence-corrected chi connectivity index (χ0v) is 20.9. The van der Waals surface area contributed by atoms with Crippen molar-refractivity contribution >= 4 is 39.1 Å². The summed E-state index contributed by atoms with van der Waals surface area (Å²) < 4.78 is 0. The van der Waals surface area contributed by atoms with Crippen molar-refractivity contribution in [2.45, 2.75) is 6.54 Å². The highest BCUT2D eigenvalue weighted by molar-refractivity contribution is 6.06. The molecule has 3 nitrogen and oxygen atoms in total. The van der Waals surface area contributed by atoms with Gasteiger partial charge in [0.25, 0.3) is 0 Å². The Bertz CT molecular complexity index is 1560. The molecule has 1 fully saturated rings. The Hall–Kier alpha value is -4.21. The molecule has 5 aromatic carbocycles. The highest BCUT2D eigenvalue weighted by Crippen LogP contribution is 2.25. The molecule has 0 unspecified atom stereocenters. The largest absolute Gasteiger partial charge is 0.369 e. The normalized spacial score (nSPS) is 14.5. The van der Waals surface area contributed by atoms with Crippen LogP contribution < -0.4 is 4.90 Å². The second-order valence-electron chi connectivity index (χ2n) is 9.80. The molecular formula is C34H30N2O. The number of nitrogens with zero attached hydrogens (tertiary/aromatic N) is 2. The number of hydrogen-bond donors (Lipinski definition) is 0. The predicted octanol–water partition coefficient (Wildman–Crippen LogP) is 7.21. The molecule has 1 heterocycles. The van der Waals surface area contributed by atoms with Gasteiger partial charge in [-0.25, -0.2) is 0 Å². The van der Waals surface area contributed by atoms with Crippen molar-refractivity contribution in [2.75, 3.05) is 31.1 Å². The fourth-order valence-electron chi connectivity index (χ4n) is 5.18. The molecule has 0 bridgehead atoms. The maximum atomic E-state index is 12.3. The highest BCUT2D eigenvalue weighted by atomic mass is 16.1. The monoisotopic (exact) mass is 482 g/mol. The van der Waals surface area contributed by atoms with Gasteiger partial charge >= 0.3 is 0 Å². The molecule has 182 valence electrons. The molecule has 1 aliphatic heterocycles. The van der Waals surface area contributed by atoms with Crippen molar-refractivity contribution in [3.63, 3.8) is 0 Å². The second kappa shape index (κ2) is 10.4. The van der Waals surface area contributed by atoms with Gasteiger partial charge in [0.1, 0.15) is 0 Å². The molecular weight excluding hydrogens is 452 g/mol. The Morgan fingerprint density at radius 3 is 2.03 bits per heavy atom. The van der Waals surface area contributed by atoms with E-state index in [0.29, 0.717) is 5.56 Å². The van der Waals surface area contributed by atoms with Gasteiger partial charge in [-0.3, -0.25) is 9.69 Å². The van der Waals surface area contributed by atoms with E-state index in [9.17, 15) is 4.79 Å². The molecule has 1 aliphatic rings. The van der Waals surface area contributed by atoms with Crippen LogP contribution in [0.3, 0.4) is 0 Å². The number of carbonyl (C=O) groups is 1. The van der Waals surface area contributed by atoms with Crippen molar-refractivity contribution < 1.29 is 4.79 Å². The van der Waals surface area contributed by atoms with Gasteiger partial charge in [0.15, 0.2) is 5.78 Å². The summed E-state index contributed by atoms with van der Waals surface area (Å²) in [5, 5.41) is 5.21. The summed E-state index contributed by atoms with van der Waals surface area (Å²) in [6.45, 7) is 5.10. The quantitative estimate of drug-likeness (QED) is 0.145. The average molecular weight is 483 g/mol. The number of benzene rings is 5. The lowest BCUT2D eigenvalue weighted by Gasteiger charge is -2.36. The summed E-state index contributed by atoms with van der Waals surface area (Å²) in [5.74, 6) is 0.0283. The van der Waals surface area contributed by atoms with Gasteiger partial charge in [-0.05, 0) is 69.1 Å². The molecule has 0 atom stereocenters. The average Bonchev–Trinajstić information content (AvgIpc) is 2.96. The molecule has 5 aromatic rings. The van der Waals surface area contributed by atoms with Crippen LogP contribution in [0.5, 0.6) is 0 Å².